The maximum absolute atomic E-state index is 14.9. The molecule has 3 rings (SSSR count). The maximum Gasteiger partial charge on any atom is 0.233 e. The Labute approximate surface area is 217 Å². The van der Waals surface area contributed by atoms with Gasteiger partial charge in [0.05, 0.1) is 12.3 Å². The van der Waals surface area contributed by atoms with Crippen molar-refractivity contribution in [1.29, 1.82) is 0 Å². The summed E-state index contributed by atoms with van der Waals surface area (Å²) in [6.07, 6.45) is 19.2. The second kappa shape index (κ2) is 15.9. The predicted molar refractivity (Wildman–Crippen MR) is 144 cm³/mol. The van der Waals surface area contributed by atoms with Gasteiger partial charge in [0, 0.05) is 11.6 Å². The van der Waals surface area contributed by atoms with E-state index in [2.05, 4.69) is 24.0 Å². The number of benzene rings is 1. The fourth-order valence-electron chi connectivity index (χ4n) is 5.43. The van der Waals surface area contributed by atoms with Crippen LogP contribution < -0.4 is 4.74 Å². The Bertz CT molecular complexity index is 879. The van der Waals surface area contributed by atoms with E-state index in [1.165, 1.54) is 77.0 Å². The quantitative estimate of drug-likeness (QED) is 0.215. The van der Waals surface area contributed by atoms with Crippen molar-refractivity contribution in [2.75, 3.05) is 6.61 Å². The molecule has 0 unspecified atom stereocenters. The number of hydrogen-bond acceptors (Lipinski definition) is 3. The topological polar surface area (TPSA) is 35.0 Å². The van der Waals surface area contributed by atoms with Crippen molar-refractivity contribution in [3.8, 4) is 17.1 Å². The van der Waals surface area contributed by atoms with Gasteiger partial charge in [-0.1, -0.05) is 103 Å². The molecule has 1 fully saturated rings. The third kappa shape index (κ3) is 9.12. The van der Waals surface area contributed by atoms with Gasteiger partial charge in [0.25, 0.3) is 0 Å². The Hall–Kier alpha value is -2.04. The van der Waals surface area contributed by atoms with Gasteiger partial charge in [0.2, 0.25) is 5.88 Å². The van der Waals surface area contributed by atoms with Crippen LogP contribution in [0.1, 0.15) is 116 Å². The van der Waals surface area contributed by atoms with E-state index in [1.807, 2.05) is 0 Å². The summed E-state index contributed by atoms with van der Waals surface area (Å²) in [5.41, 5.74) is 0.941. The molecule has 1 heterocycles. The van der Waals surface area contributed by atoms with Crippen LogP contribution in [0.15, 0.2) is 24.3 Å². The second-order valence-electron chi connectivity index (χ2n) is 10.7. The molecule has 0 amide bonds. The van der Waals surface area contributed by atoms with Crippen molar-refractivity contribution in [1.82, 2.24) is 10.2 Å². The SMILES string of the molecule is CCCCCCCC1CCC(CCc2ccc(-c3ccc(OCCCCCC)nn3)c(F)c2F)CC1. The van der Waals surface area contributed by atoms with E-state index in [0.29, 0.717) is 36.1 Å². The molecule has 1 aromatic carbocycles. The fourth-order valence-corrected chi connectivity index (χ4v) is 5.43. The van der Waals surface area contributed by atoms with Gasteiger partial charge >= 0.3 is 0 Å². The summed E-state index contributed by atoms with van der Waals surface area (Å²) in [6, 6.07) is 6.68. The molecule has 0 atom stereocenters. The molecule has 0 N–H and O–H groups in total. The molecule has 1 saturated carbocycles. The predicted octanol–water partition coefficient (Wildman–Crippen LogP) is 9.48. The number of unbranched alkanes of at least 4 members (excludes halogenated alkanes) is 7. The minimum atomic E-state index is -0.832. The zero-order valence-electron chi connectivity index (χ0n) is 22.5. The van der Waals surface area contributed by atoms with Crippen molar-refractivity contribution in [3.05, 3.63) is 41.5 Å². The number of aromatic nitrogens is 2. The van der Waals surface area contributed by atoms with Gasteiger partial charge in [-0.3, -0.25) is 0 Å². The van der Waals surface area contributed by atoms with Gasteiger partial charge < -0.3 is 4.74 Å². The molecule has 36 heavy (non-hydrogen) atoms. The highest BCUT2D eigenvalue weighted by Crippen LogP contribution is 2.35. The Morgan fingerprint density at radius 2 is 1.39 bits per heavy atom. The van der Waals surface area contributed by atoms with Crippen LogP contribution in [0.25, 0.3) is 11.3 Å². The lowest BCUT2D eigenvalue weighted by atomic mass is 9.77. The normalized spacial score (nSPS) is 17.9. The third-order valence-corrected chi connectivity index (χ3v) is 7.83. The van der Waals surface area contributed by atoms with Gasteiger partial charge in [-0.05, 0) is 48.8 Å². The lowest BCUT2D eigenvalue weighted by Gasteiger charge is -2.28. The first-order chi connectivity index (χ1) is 17.6. The Balaban J connectivity index is 1.44. The number of ether oxygens (including phenoxy) is 1. The summed E-state index contributed by atoms with van der Waals surface area (Å²) in [5, 5.41) is 8.12. The first-order valence-corrected chi connectivity index (χ1v) is 14.6. The Kier molecular flexibility index (Phi) is 12.6. The van der Waals surface area contributed by atoms with Gasteiger partial charge in [-0.25, -0.2) is 8.78 Å². The fraction of sp³-hybridized carbons (Fsp3) is 0.677. The molecule has 0 aliphatic heterocycles. The van der Waals surface area contributed by atoms with Gasteiger partial charge in [0.1, 0.15) is 0 Å². The molecule has 0 saturated heterocycles. The average Bonchev–Trinajstić information content (AvgIpc) is 2.90. The first-order valence-electron chi connectivity index (χ1n) is 14.6. The smallest absolute Gasteiger partial charge is 0.233 e. The minimum Gasteiger partial charge on any atom is -0.477 e. The van der Waals surface area contributed by atoms with E-state index in [0.717, 1.165) is 25.2 Å². The van der Waals surface area contributed by atoms with Crippen LogP contribution in [0.2, 0.25) is 0 Å². The number of rotatable bonds is 16. The first kappa shape index (κ1) is 28.5. The molecule has 1 aromatic heterocycles. The summed E-state index contributed by atoms with van der Waals surface area (Å²) >= 11 is 0. The number of halogens is 2. The van der Waals surface area contributed by atoms with Crippen molar-refractivity contribution in [2.24, 2.45) is 11.8 Å². The molecule has 5 heteroatoms. The van der Waals surface area contributed by atoms with Crippen LogP contribution in [-0.2, 0) is 6.42 Å². The van der Waals surface area contributed by atoms with Gasteiger partial charge in [-0.2, -0.15) is 0 Å². The van der Waals surface area contributed by atoms with Crippen molar-refractivity contribution in [2.45, 2.75) is 117 Å². The van der Waals surface area contributed by atoms with Gasteiger partial charge in [0.15, 0.2) is 11.6 Å². The highest BCUT2D eigenvalue weighted by molar-refractivity contribution is 5.60. The van der Waals surface area contributed by atoms with Crippen LogP contribution in [0.3, 0.4) is 0 Å². The summed E-state index contributed by atoms with van der Waals surface area (Å²) in [4.78, 5) is 0. The molecular formula is C31H46F2N2O. The highest BCUT2D eigenvalue weighted by Gasteiger charge is 2.22. The molecule has 0 spiro atoms. The summed E-state index contributed by atoms with van der Waals surface area (Å²) in [7, 11) is 0. The zero-order chi connectivity index (χ0) is 25.6. The molecule has 3 nitrogen and oxygen atoms in total. The van der Waals surface area contributed by atoms with E-state index >= 15 is 0 Å². The Morgan fingerprint density at radius 1 is 0.722 bits per heavy atom. The maximum atomic E-state index is 14.9. The van der Waals surface area contributed by atoms with Gasteiger partial charge in [-0.15, -0.1) is 10.2 Å². The summed E-state index contributed by atoms with van der Waals surface area (Å²) < 4.78 is 35.4. The number of aryl methyl sites for hydroxylation is 1. The van der Waals surface area contributed by atoms with E-state index in [-0.39, 0.29) is 5.56 Å². The van der Waals surface area contributed by atoms with Crippen LogP contribution in [0.4, 0.5) is 8.78 Å². The lowest BCUT2D eigenvalue weighted by molar-refractivity contribution is 0.248. The largest absolute Gasteiger partial charge is 0.477 e. The molecule has 2 aromatic rings. The number of nitrogens with zero attached hydrogens (tertiary/aromatic N) is 2. The van der Waals surface area contributed by atoms with E-state index in [1.54, 1.807) is 24.3 Å². The van der Waals surface area contributed by atoms with Crippen LogP contribution in [0, 0.1) is 23.5 Å². The van der Waals surface area contributed by atoms with Crippen molar-refractivity contribution >= 4 is 0 Å². The summed E-state index contributed by atoms with van der Waals surface area (Å²) in [5.74, 6) is 0.339. The standard InChI is InChI=1S/C31H46F2N2O/c1-3-5-7-9-10-12-24-13-15-25(16-14-24)17-18-26-19-20-27(31(33)30(26)32)28-21-22-29(35-34-28)36-23-11-8-6-4-2/h19-22,24-25H,3-18,23H2,1-2H3. The summed E-state index contributed by atoms with van der Waals surface area (Å²) in [6.45, 7) is 5.02. The number of hydrogen-bond donors (Lipinski definition) is 0. The van der Waals surface area contributed by atoms with E-state index in [9.17, 15) is 8.78 Å². The molecule has 1 aliphatic rings. The molecule has 0 bridgehead atoms. The van der Waals surface area contributed by atoms with E-state index in [4.69, 9.17) is 4.74 Å². The van der Waals surface area contributed by atoms with Crippen LogP contribution >= 0.6 is 0 Å². The van der Waals surface area contributed by atoms with E-state index < -0.39 is 11.6 Å². The third-order valence-electron chi connectivity index (χ3n) is 7.83. The minimum absolute atomic E-state index is 0.151. The van der Waals surface area contributed by atoms with Crippen LogP contribution in [-0.4, -0.2) is 16.8 Å². The van der Waals surface area contributed by atoms with Crippen molar-refractivity contribution < 1.29 is 13.5 Å². The molecular weight excluding hydrogens is 454 g/mol. The van der Waals surface area contributed by atoms with Crippen molar-refractivity contribution in [3.63, 3.8) is 0 Å². The monoisotopic (exact) mass is 500 g/mol. The Morgan fingerprint density at radius 3 is 2.06 bits per heavy atom. The second-order valence-corrected chi connectivity index (χ2v) is 10.7. The zero-order valence-corrected chi connectivity index (χ0v) is 22.5. The lowest BCUT2D eigenvalue weighted by Crippen LogP contribution is -2.15. The average molecular weight is 501 g/mol. The van der Waals surface area contributed by atoms with Crippen LogP contribution in [0.5, 0.6) is 5.88 Å². The molecule has 0 radical (unpaired) electrons. The highest BCUT2D eigenvalue weighted by atomic mass is 19.2. The molecule has 200 valence electrons. The molecule has 1 aliphatic carbocycles.